The van der Waals surface area contributed by atoms with E-state index in [1.165, 1.54) is 0 Å². The van der Waals surface area contributed by atoms with E-state index >= 15 is 0 Å². The topological polar surface area (TPSA) is 37.3 Å². The Hall–Kier alpha value is 0.500. The summed E-state index contributed by atoms with van der Waals surface area (Å²) in [6.07, 6.45) is -1.38. The highest BCUT2D eigenvalue weighted by Crippen LogP contribution is 2.33. The maximum atomic E-state index is 11.4. The van der Waals surface area contributed by atoms with Crippen LogP contribution in [-0.4, -0.2) is 20.8 Å². The Labute approximate surface area is 93.2 Å². The molecule has 0 aromatic carbocycles. The zero-order chi connectivity index (χ0) is 10.9. The van der Waals surface area contributed by atoms with Crippen molar-refractivity contribution in [3.63, 3.8) is 0 Å². The summed E-state index contributed by atoms with van der Waals surface area (Å²) in [5.41, 5.74) is -0.517. The fraction of sp³-hybridized carbons (Fsp3) is 0.875. The second-order valence-corrected chi connectivity index (χ2v) is 6.30. The summed E-state index contributed by atoms with van der Waals surface area (Å²) in [6.45, 7) is 5.25. The van der Waals surface area contributed by atoms with Crippen molar-refractivity contribution < 1.29 is 9.90 Å². The molecule has 0 bridgehead atoms. The van der Waals surface area contributed by atoms with Gasteiger partial charge in [0.1, 0.15) is 11.9 Å². The van der Waals surface area contributed by atoms with E-state index in [1.54, 1.807) is 20.8 Å². The van der Waals surface area contributed by atoms with Crippen LogP contribution in [0.15, 0.2) is 0 Å². The molecule has 0 saturated carbocycles. The van der Waals surface area contributed by atoms with Gasteiger partial charge in [-0.25, -0.2) is 0 Å². The van der Waals surface area contributed by atoms with E-state index in [0.717, 1.165) is 0 Å². The molecule has 0 aliphatic rings. The highest BCUT2D eigenvalue weighted by molar-refractivity contribution is 6.68. The second-order valence-electron chi connectivity index (χ2n) is 3.93. The first-order valence-corrected chi connectivity index (χ1v) is 4.96. The number of ketones is 1. The molecule has 0 aromatic rings. The maximum absolute atomic E-state index is 11.4. The predicted octanol–water partition coefficient (Wildman–Crippen LogP) is 2.72. The summed E-state index contributed by atoms with van der Waals surface area (Å²) >= 11 is 16.2. The Bertz CT molecular complexity index is 191. The van der Waals surface area contributed by atoms with Crippen LogP contribution in [0.25, 0.3) is 0 Å². The lowest BCUT2D eigenvalue weighted by Crippen LogP contribution is -2.32. The summed E-state index contributed by atoms with van der Waals surface area (Å²) in [7, 11) is 0. The molecule has 13 heavy (non-hydrogen) atoms. The van der Waals surface area contributed by atoms with Gasteiger partial charge in [0, 0.05) is 11.8 Å². The SMILES string of the molecule is CC(C)(C)C(=O)C[C@@H](O)C(Cl)(Cl)Cl. The molecule has 0 radical (unpaired) electrons. The van der Waals surface area contributed by atoms with Crippen molar-refractivity contribution in [1.82, 2.24) is 0 Å². The number of carbonyl (C=O) groups is 1. The third-order valence-corrected chi connectivity index (χ3v) is 2.35. The first-order chi connectivity index (χ1) is 5.55. The number of carbonyl (C=O) groups excluding carboxylic acids is 1. The minimum atomic E-state index is -1.79. The van der Waals surface area contributed by atoms with Gasteiger partial charge >= 0.3 is 0 Å². The number of halogens is 3. The molecular weight excluding hydrogens is 234 g/mol. The van der Waals surface area contributed by atoms with Crippen molar-refractivity contribution >= 4 is 40.6 Å². The van der Waals surface area contributed by atoms with Crippen molar-refractivity contribution in [2.45, 2.75) is 37.1 Å². The van der Waals surface area contributed by atoms with Crippen LogP contribution in [0, 0.1) is 5.41 Å². The molecule has 0 aliphatic carbocycles. The maximum Gasteiger partial charge on any atom is 0.216 e. The molecule has 78 valence electrons. The lowest BCUT2D eigenvalue weighted by molar-refractivity contribution is -0.128. The Balaban J connectivity index is 4.24. The van der Waals surface area contributed by atoms with Crippen molar-refractivity contribution in [1.29, 1.82) is 0 Å². The molecule has 0 saturated heterocycles. The van der Waals surface area contributed by atoms with E-state index in [2.05, 4.69) is 0 Å². The molecule has 2 nitrogen and oxygen atoms in total. The van der Waals surface area contributed by atoms with Gasteiger partial charge in [-0.05, 0) is 0 Å². The molecule has 0 rings (SSSR count). The lowest BCUT2D eigenvalue weighted by atomic mass is 9.88. The van der Waals surface area contributed by atoms with Crippen LogP contribution in [0.2, 0.25) is 0 Å². The van der Waals surface area contributed by atoms with Crippen molar-refractivity contribution in [3.8, 4) is 0 Å². The fourth-order valence-electron chi connectivity index (χ4n) is 0.598. The number of rotatable bonds is 2. The number of hydrogen-bond donors (Lipinski definition) is 1. The predicted molar refractivity (Wildman–Crippen MR) is 55.4 cm³/mol. The monoisotopic (exact) mass is 246 g/mol. The van der Waals surface area contributed by atoms with Gasteiger partial charge in [-0.2, -0.15) is 0 Å². The number of aliphatic hydroxyl groups excluding tert-OH is 1. The van der Waals surface area contributed by atoms with E-state index in [4.69, 9.17) is 34.8 Å². The molecule has 0 amide bonds. The van der Waals surface area contributed by atoms with Gasteiger partial charge in [0.25, 0.3) is 0 Å². The van der Waals surface area contributed by atoms with Crippen LogP contribution in [0.1, 0.15) is 27.2 Å². The molecule has 0 aromatic heterocycles. The van der Waals surface area contributed by atoms with Crippen LogP contribution in [0.5, 0.6) is 0 Å². The van der Waals surface area contributed by atoms with Crippen LogP contribution >= 0.6 is 34.8 Å². The molecule has 5 heteroatoms. The third kappa shape index (κ3) is 5.06. The molecule has 0 fully saturated rings. The molecule has 0 unspecified atom stereocenters. The number of Topliss-reactive ketones (excluding diaryl/α,β-unsaturated/α-hetero) is 1. The van der Waals surface area contributed by atoms with Crippen LogP contribution in [0.3, 0.4) is 0 Å². The molecular formula is C8H13Cl3O2. The van der Waals surface area contributed by atoms with E-state index < -0.39 is 15.3 Å². The smallest absolute Gasteiger partial charge is 0.216 e. The zero-order valence-electron chi connectivity index (χ0n) is 7.77. The van der Waals surface area contributed by atoms with E-state index in [0.29, 0.717) is 0 Å². The Kier molecular flexibility index (Phi) is 4.51. The highest BCUT2D eigenvalue weighted by Gasteiger charge is 2.35. The van der Waals surface area contributed by atoms with Gasteiger partial charge in [0.15, 0.2) is 0 Å². The van der Waals surface area contributed by atoms with Crippen LogP contribution < -0.4 is 0 Å². The summed E-state index contributed by atoms with van der Waals surface area (Å²) < 4.78 is -1.79. The van der Waals surface area contributed by atoms with Crippen molar-refractivity contribution in [3.05, 3.63) is 0 Å². The molecule has 0 spiro atoms. The van der Waals surface area contributed by atoms with E-state index in [1.807, 2.05) is 0 Å². The summed E-state index contributed by atoms with van der Waals surface area (Å²) in [4.78, 5) is 11.4. The van der Waals surface area contributed by atoms with Gasteiger partial charge in [-0.3, -0.25) is 4.79 Å². The quantitative estimate of drug-likeness (QED) is 0.762. The van der Waals surface area contributed by atoms with E-state index in [9.17, 15) is 9.90 Å². The normalized spacial score (nSPS) is 15.6. The summed E-state index contributed by atoms with van der Waals surface area (Å²) in [5, 5.41) is 9.30. The first-order valence-electron chi connectivity index (χ1n) is 3.83. The minimum absolute atomic E-state index is 0.133. The molecule has 1 atom stereocenters. The summed E-state index contributed by atoms with van der Waals surface area (Å²) in [6, 6.07) is 0. The third-order valence-electron chi connectivity index (χ3n) is 1.59. The van der Waals surface area contributed by atoms with Crippen molar-refractivity contribution in [2.75, 3.05) is 0 Å². The Morgan fingerprint density at radius 1 is 1.31 bits per heavy atom. The fourth-order valence-corrected chi connectivity index (χ4v) is 0.829. The van der Waals surface area contributed by atoms with E-state index in [-0.39, 0.29) is 12.2 Å². The van der Waals surface area contributed by atoms with Gasteiger partial charge in [-0.1, -0.05) is 55.6 Å². The van der Waals surface area contributed by atoms with Gasteiger partial charge in [0.05, 0.1) is 0 Å². The average molecular weight is 248 g/mol. The molecule has 1 N–H and O–H groups in total. The van der Waals surface area contributed by atoms with Gasteiger partial charge in [0.2, 0.25) is 3.79 Å². The van der Waals surface area contributed by atoms with Gasteiger partial charge in [-0.15, -0.1) is 0 Å². The van der Waals surface area contributed by atoms with Gasteiger partial charge < -0.3 is 5.11 Å². The lowest BCUT2D eigenvalue weighted by Gasteiger charge is -2.22. The largest absolute Gasteiger partial charge is 0.388 e. The summed E-state index contributed by atoms with van der Waals surface area (Å²) in [5.74, 6) is -0.133. The first kappa shape index (κ1) is 13.5. The zero-order valence-corrected chi connectivity index (χ0v) is 10.0. The Morgan fingerprint density at radius 3 is 1.92 bits per heavy atom. The minimum Gasteiger partial charge on any atom is -0.388 e. The Morgan fingerprint density at radius 2 is 1.69 bits per heavy atom. The molecule has 0 aliphatic heterocycles. The number of alkyl halides is 3. The average Bonchev–Trinajstić information content (AvgIpc) is 1.82. The molecule has 0 heterocycles. The highest BCUT2D eigenvalue weighted by atomic mass is 35.6. The number of aliphatic hydroxyl groups is 1. The van der Waals surface area contributed by atoms with Crippen LogP contribution in [0.4, 0.5) is 0 Å². The second kappa shape index (κ2) is 4.35. The van der Waals surface area contributed by atoms with Crippen molar-refractivity contribution in [2.24, 2.45) is 5.41 Å². The van der Waals surface area contributed by atoms with Crippen LogP contribution in [-0.2, 0) is 4.79 Å². The number of hydrogen-bond acceptors (Lipinski definition) is 2. The standard InChI is InChI=1S/C8H13Cl3O2/c1-7(2,3)5(12)4-6(13)8(9,10)11/h6,13H,4H2,1-3H3/t6-/m1/s1.